The lowest BCUT2D eigenvalue weighted by atomic mass is 10.1. The van der Waals surface area contributed by atoms with Crippen molar-refractivity contribution in [2.24, 2.45) is 0 Å². The van der Waals surface area contributed by atoms with Gasteiger partial charge in [0.15, 0.2) is 5.82 Å². The monoisotopic (exact) mass is 400 g/mol. The van der Waals surface area contributed by atoms with Crippen molar-refractivity contribution in [2.45, 2.75) is 64.2 Å². The summed E-state index contributed by atoms with van der Waals surface area (Å²) in [6, 6.07) is 0. The van der Waals surface area contributed by atoms with Crippen LogP contribution in [0.3, 0.4) is 0 Å². The van der Waals surface area contributed by atoms with Gasteiger partial charge in [0.05, 0.1) is 13.0 Å². The summed E-state index contributed by atoms with van der Waals surface area (Å²) in [5.74, 6) is 2.35. The fourth-order valence-corrected chi connectivity index (χ4v) is 3.95. The van der Waals surface area contributed by atoms with Crippen LogP contribution < -0.4 is 5.32 Å². The Morgan fingerprint density at radius 1 is 1.18 bits per heavy atom. The van der Waals surface area contributed by atoms with Crippen molar-refractivity contribution in [3.8, 4) is 0 Å². The number of hydrogen-bond acceptors (Lipinski definition) is 7. The zero-order chi connectivity index (χ0) is 19.7. The number of aromatic nitrogens is 7. The molecule has 9 nitrogen and oxygen atoms in total. The minimum Gasteiger partial charge on any atom is -0.349 e. The summed E-state index contributed by atoms with van der Waals surface area (Å²) in [5, 5.41) is 16.6. The van der Waals surface area contributed by atoms with Gasteiger partial charge in [-0.25, -0.2) is 9.50 Å². The third-order valence-corrected chi connectivity index (χ3v) is 5.72. The fourth-order valence-electron chi connectivity index (χ4n) is 3.61. The molecule has 0 saturated carbocycles. The Balaban J connectivity index is 1.48. The fraction of sp³-hybridized carbons (Fsp3) is 0.556. The van der Waals surface area contributed by atoms with E-state index in [1.54, 1.807) is 4.52 Å². The second-order valence-corrected chi connectivity index (χ2v) is 7.79. The molecule has 4 heterocycles. The van der Waals surface area contributed by atoms with E-state index in [0.717, 1.165) is 54.4 Å². The van der Waals surface area contributed by atoms with Gasteiger partial charge in [0.1, 0.15) is 5.82 Å². The Labute approximate surface area is 167 Å². The molecule has 0 aromatic carbocycles. The third-order valence-electron chi connectivity index (χ3n) is 5.18. The summed E-state index contributed by atoms with van der Waals surface area (Å²) in [4.78, 5) is 21.5. The lowest BCUT2D eigenvalue weighted by Gasteiger charge is -2.11. The molecule has 0 fully saturated rings. The molecule has 0 atom stereocenters. The number of amides is 1. The average Bonchev–Trinajstić information content (AvgIpc) is 3.19. The van der Waals surface area contributed by atoms with E-state index < -0.39 is 0 Å². The number of carbonyl (C=O) groups excluding carboxylic acids is 1. The molecule has 28 heavy (non-hydrogen) atoms. The molecule has 1 aliphatic heterocycles. The van der Waals surface area contributed by atoms with Crippen LogP contribution in [-0.2, 0) is 30.7 Å². The molecule has 0 bridgehead atoms. The normalized spacial score (nSPS) is 14.1. The number of fused-ring (bicyclic) bond motifs is 2. The van der Waals surface area contributed by atoms with E-state index in [9.17, 15) is 4.79 Å². The van der Waals surface area contributed by atoms with Gasteiger partial charge in [0.25, 0.3) is 5.78 Å². The van der Waals surface area contributed by atoms with E-state index in [2.05, 4.69) is 35.1 Å². The number of carbonyl (C=O) groups is 1. The van der Waals surface area contributed by atoms with Crippen LogP contribution in [0.4, 0.5) is 0 Å². The highest BCUT2D eigenvalue weighted by Crippen LogP contribution is 2.18. The Bertz CT molecular complexity index is 1020. The zero-order valence-corrected chi connectivity index (χ0v) is 17.2. The van der Waals surface area contributed by atoms with Gasteiger partial charge in [-0.3, -0.25) is 4.79 Å². The van der Waals surface area contributed by atoms with Crippen LogP contribution >= 0.6 is 11.8 Å². The highest BCUT2D eigenvalue weighted by atomic mass is 32.2. The molecular weight excluding hydrogens is 376 g/mol. The molecule has 1 amide bonds. The molecule has 1 N–H and O–H groups in total. The first kappa shape index (κ1) is 18.9. The summed E-state index contributed by atoms with van der Waals surface area (Å²) >= 11 is 1.47. The topological polar surface area (TPSA) is 103 Å². The van der Waals surface area contributed by atoms with Crippen molar-refractivity contribution in [1.29, 1.82) is 0 Å². The van der Waals surface area contributed by atoms with E-state index in [1.807, 2.05) is 20.1 Å². The Kier molecular flexibility index (Phi) is 5.29. The second kappa shape index (κ2) is 7.86. The molecule has 1 aliphatic rings. The molecule has 10 heteroatoms. The van der Waals surface area contributed by atoms with Crippen LogP contribution in [0.25, 0.3) is 5.78 Å². The molecule has 0 unspecified atom stereocenters. The van der Waals surface area contributed by atoms with Crippen LogP contribution in [0.5, 0.6) is 0 Å². The summed E-state index contributed by atoms with van der Waals surface area (Å²) < 4.78 is 3.86. The van der Waals surface area contributed by atoms with Crippen LogP contribution in [0.1, 0.15) is 47.9 Å². The molecule has 0 radical (unpaired) electrons. The van der Waals surface area contributed by atoms with Crippen molar-refractivity contribution in [3.05, 3.63) is 28.6 Å². The maximum Gasteiger partial charge on any atom is 0.253 e. The number of hydrogen-bond donors (Lipinski definition) is 1. The maximum atomic E-state index is 12.6. The molecular formula is C18H24N8OS. The molecule has 3 aromatic rings. The van der Waals surface area contributed by atoms with Gasteiger partial charge in [-0.2, -0.15) is 4.98 Å². The summed E-state index contributed by atoms with van der Waals surface area (Å²) in [7, 11) is 0. The van der Waals surface area contributed by atoms with Gasteiger partial charge < -0.3 is 9.88 Å². The van der Waals surface area contributed by atoms with E-state index in [1.165, 1.54) is 18.2 Å². The number of rotatable bonds is 5. The standard InChI is InChI=1S/C18H24N8OS/c1-11-13(12(2)26-17(20-11)21-18(24-26)28-3)9-16(27)19-10-15-23-22-14-7-5-4-6-8-25(14)15/h4-10H2,1-3H3,(H,19,27). The average molecular weight is 401 g/mol. The van der Waals surface area contributed by atoms with Gasteiger partial charge in [0, 0.05) is 29.9 Å². The summed E-state index contributed by atoms with van der Waals surface area (Å²) in [5.41, 5.74) is 2.57. The van der Waals surface area contributed by atoms with E-state index in [4.69, 9.17) is 0 Å². The highest BCUT2D eigenvalue weighted by Gasteiger charge is 2.18. The molecule has 0 aliphatic carbocycles. The molecule has 0 spiro atoms. The second-order valence-electron chi connectivity index (χ2n) is 7.02. The van der Waals surface area contributed by atoms with E-state index in [-0.39, 0.29) is 12.3 Å². The van der Waals surface area contributed by atoms with Gasteiger partial charge in [-0.15, -0.1) is 15.3 Å². The number of aryl methyl sites for hydroxylation is 3. The van der Waals surface area contributed by atoms with Gasteiger partial charge in [-0.1, -0.05) is 18.2 Å². The maximum absolute atomic E-state index is 12.6. The molecule has 148 valence electrons. The van der Waals surface area contributed by atoms with Crippen LogP contribution in [0, 0.1) is 13.8 Å². The lowest BCUT2D eigenvalue weighted by Crippen LogP contribution is -2.27. The van der Waals surface area contributed by atoms with Crippen LogP contribution in [0.15, 0.2) is 5.16 Å². The van der Waals surface area contributed by atoms with Gasteiger partial charge in [0.2, 0.25) is 11.1 Å². The van der Waals surface area contributed by atoms with E-state index in [0.29, 0.717) is 17.5 Å². The first-order valence-electron chi connectivity index (χ1n) is 9.51. The van der Waals surface area contributed by atoms with E-state index >= 15 is 0 Å². The van der Waals surface area contributed by atoms with Crippen LogP contribution in [-0.4, -0.2) is 46.5 Å². The quantitative estimate of drug-likeness (QED) is 0.649. The number of thioether (sulfide) groups is 1. The zero-order valence-electron chi connectivity index (χ0n) is 16.4. The number of nitrogens with one attached hydrogen (secondary N) is 1. The first-order chi connectivity index (χ1) is 13.6. The third kappa shape index (κ3) is 3.60. The molecule has 3 aromatic heterocycles. The SMILES string of the molecule is CSc1nc2nc(C)c(CC(=O)NCc3nnc4n3CCCCC4)c(C)n2n1. The summed E-state index contributed by atoms with van der Waals surface area (Å²) in [6.07, 6.45) is 6.63. The highest BCUT2D eigenvalue weighted by molar-refractivity contribution is 7.98. The predicted octanol–water partition coefficient (Wildman–Crippen LogP) is 1.64. The number of nitrogens with zero attached hydrogens (tertiary/aromatic N) is 7. The predicted molar refractivity (Wildman–Crippen MR) is 105 cm³/mol. The Hall–Kier alpha value is -2.49. The van der Waals surface area contributed by atoms with Crippen molar-refractivity contribution < 1.29 is 4.79 Å². The van der Waals surface area contributed by atoms with Crippen molar-refractivity contribution in [2.75, 3.05) is 6.26 Å². The Morgan fingerprint density at radius 3 is 2.86 bits per heavy atom. The van der Waals surface area contributed by atoms with Crippen molar-refractivity contribution in [1.82, 2.24) is 39.7 Å². The van der Waals surface area contributed by atoms with Crippen molar-refractivity contribution in [3.63, 3.8) is 0 Å². The van der Waals surface area contributed by atoms with Gasteiger partial charge >= 0.3 is 0 Å². The molecule has 4 rings (SSSR count). The first-order valence-corrected chi connectivity index (χ1v) is 10.7. The largest absolute Gasteiger partial charge is 0.349 e. The Morgan fingerprint density at radius 2 is 2.04 bits per heavy atom. The van der Waals surface area contributed by atoms with Gasteiger partial charge in [-0.05, 0) is 32.9 Å². The molecule has 0 saturated heterocycles. The van der Waals surface area contributed by atoms with Crippen LogP contribution in [0.2, 0.25) is 0 Å². The van der Waals surface area contributed by atoms with Crippen molar-refractivity contribution >= 4 is 23.4 Å². The summed E-state index contributed by atoms with van der Waals surface area (Å²) in [6.45, 7) is 5.17. The lowest BCUT2D eigenvalue weighted by molar-refractivity contribution is -0.120. The minimum atomic E-state index is -0.0662. The smallest absolute Gasteiger partial charge is 0.253 e. The minimum absolute atomic E-state index is 0.0662.